The first-order valence-corrected chi connectivity index (χ1v) is 8.04. The summed E-state index contributed by atoms with van der Waals surface area (Å²) in [4.78, 5) is 17.3. The van der Waals surface area contributed by atoms with Crippen LogP contribution >= 0.6 is 11.3 Å². The first kappa shape index (κ1) is 16.6. The zero-order chi connectivity index (χ0) is 15.9. The van der Waals surface area contributed by atoms with Crippen molar-refractivity contribution in [1.82, 2.24) is 10.3 Å². The second-order valence-electron chi connectivity index (χ2n) is 4.95. The van der Waals surface area contributed by atoms with E-state index in [1.54, 1.807) is 17.4 Å². The number of nitrogens with zero attached hydrogens (tertiary/aromatic N) is 1. The number of halogens is 1. The maximum Gasteiger partial charge on any atom is 0.222 e. The molecule has 0 radical (unpaired) electrons. The third kappa shape index (κ3) is 4.89. The fourth-order valence-electron chi connectivity index (χ4n) is 2.02. The number of aliphatic hydroxyl groups is 1. The molecule has 0 spiro atoms. The van der Waals surface area contributed by atoms with Crippen LogP contribution in [0.5, 0.6) is 0 Å². The Kier molecular flexibility index (Phi) is 6.03. The summed E-state index contributed by atoms with van der Waals surface area (Å²) in [6, 6.07) is 5.65. The van der Waals surface area contributed by atoms with Gasteiger partial charge in [0.05, 0.1) is 17.5 Å². The van der Waals surface area contributed by atoms with Gasteiger partial charge in [-0.05, 0) is 24.1 Å². The van der Waals surface area contributed by atoms with Crippen LogP contribution in [-0.4, -0.2) is 22.5 Å². The SMILES string of the molecule is CCc1cnc(CCNC(=O)CC(O)c2cccc(F)c2)s1. The van der Waals surface area contributed by atoms with Crippen molar-refractivity contribution in [1.29, 1.82) is 0 Å². The van der Waals surface area contributed by atoms with Gasteiger partial charge in [0.1, 0.15) is 5.82 Å². The Morgan fingerprint density at radius 2 is 2.32 bits per heavy atom. The summed E-state index contributed by atoms with van der Waals surface area (Å²) in [6.07, 6.45) is 2.41. The van der Waals surface area contributed by atoms with Gasteiger partial charge in [0, 0.05) is 24.0 Å². The smallest absolute Gasteiger partial charge is 0.222 e. The molecule has 1 aromatic heterocycles. The Balaban J connectivity index is 1.75. The van der Waals surface area contributed by atoms with Gasteiger partial charge in [-0.2, -0.15) is 0 Å². The Morgan fingerprint density at radius 3 is 3.00 bits per heavy atom. The maximum atomic E-state index is 13.1. The highest BCUT2D eigenvalue weighted by atomic mass is 32.1. The molecule has 0 aliphatic heterocycles. The van der Waals surface area contributed by atoms with E-state index in [-0.39, 0.29) is 12.3 Å². The highest BCUT2D eigenvalue weighted by Gasteiger charge is 2.13. The van der Waals surface area contributed by atoms with Crippen LogP contribution in [0.25, 0.3) is 0 Å². The number of hydrogen-bond acceptors (Lipinski definition) is 4. The third-order valence-corrected chi connectivity index (χ3v) is 4.42. The lowest BCUT2D eigenvalue weighted by Gasteiger charge is -2.11. The topological polar surface area (TPSA) is 62.2 Å². The van der Waals surface area contributed by atoms with Crippen LogP contribution in [0.2, 0.25) is 0 Å². The van der Waals surface area contributed by atoms with Crippen molar-refractivity contribution in [2.24, 2.45) is 0 Å². The summed E-state index contributed by atoms with van der Waals surface area (Å²) >= 11 is 1.64. The van der Waals surface area contributed by atoms with Gasteiger partial charge in [0.25, 0.3) is 0 Å². The number of aryl methyl sites for hydroxylation is 1. The second kappa shape index (κ2) is 8.00. The van der Waals surface area contributed by atoms with Crippen LogP contribution in [0.15, 0.2) is 30.5 Å². The van der Waals surface area contributed by atoms with E-state index in [4.69, 9.17) is 0 Å². The van der Waals surface area contributed by atoms with Crippen molar-refractivity contribution in [3.63, 3.8) is 0 Å². The van der Waals surface area contributed by atoms with Gasteiger partial charge < -0.3 is 10.4 Å². The van der Waals surface area contributed by atoms with Crippen molar-refractivity contribution in [3.05, 3.63) is 51.7 Å². The highest BCUT2D eigenvalue weighted by Crippen LogP contribution is 2.17. The van der Waals surface area contributed by atoms with E-state index in [1.165, 1.54) is 23.1 Å². The number of nitrogens with one attached hydrogen (secondary N) is 1. The van der Waals surface area contributed by atoms with Crippen LogP contribution in [-0.2, 0) is 17.6 Å². The van der Waals surface area contributed by atoms with Crippen molar-refractivity contribution in [3.8, 4) is 0 Å². The highest BCUT2D eigenvalue weighted by molar-refractivity contribution is 7.11. The zero-order valence-corrected chi connectivity index (χ0v) is 13.2. The fraction of sp³-hybridized carbons (Fsp3) is 0.375. The van der Waals surface area contributed by atoms with Crippen LogP contribution < -0.4 is 5.32 Å². The van der Waals surface area contributed by atoms with Gasteiger partial charge in [0.15, 0.2) is 0 Å². The zero-order valence-electron chi connectivity index (χ0n) is 12.4. The summed E-state index contributed by atoms with van der Waals surface area (Å²) in [6.45, 7) is 2.55. The maximum absolute atomic E-state index is 13.1. The number of carbonyl (C=O) groups excluding carboxylic acids is 1. The first-order valence-electron chi connectivity index (χ1n) is 7.22. The molecule has 1 aromatic carbocycles. The van der Waals surface area contributed by atoms with Crippen LogP contribution in [0.3, 0.4) is 0 Å². The minimum atomic E-state index is -0.998. The predicted molar refractivity (Wildman–Crippen MR) is 84.2 cm³/mol. The monoisotopic (exact) mass is 322 g/mol. The molecule has 22 heavy (non-hydrogen) atoms. The molecule has 118 valence electrons. The van der Waals surface area contributed by atoms with E-state index < -0.39 is 11.9 Å². The molecule has 2 N–H and O–H groups in total. The van der Waals surface area contributed by atoms with Gasteiger partial charge in [-0.25, -0.2) is 9.37 Å². The van der Waals surface area contributed by atoms with E-state index >= 15 is 0 Å². The minimum Gasteiger partial charge on any atom is -0.388 e. The normalized spacial score (nSPS) is 12.1. The second-order valence-corrected chi connectivity index (χ2v) is 6.15. The molecule has 2 rings (SSSR count). The van der Waals surface area contributed by atoms with Crippen molar-refractivity contribution >= 4 is 17.2 Å². The summed E-state index contributed by atoms with van der Waals surface area (Å²) in [5.74, 6) is -0.684. The standard InChI is InChI=1S/C16H19FN2O2S/c1-2-13-10-19-16(22-13)6-7-18-15(21)9-14(20)11-4-3-5-12(17)8-11/h3-5,8,10,14,20H,2,6-7,9H2,1H3,(H,18,21). The first-order chi connectivity index (χ1) is 10.6. The molecule has 1 atom stereocenters. The summed E-state index contributed by atoms with van der Waals surface area (Å²) in [5, 5.41) is 13.7. The quantitative estimate of drug-likeness (QED) is 0.824. The number of rotatable bonds is 7. The molecule has 1 unspecified atom stereocenters. The van der Waals surface area contributed by atoms with Crippen LogP contribution in [0, 0.1) is 5.82 Å². The van der Waals surface area contributed by atoms with E-state index in [0.717, 1.165) is 11.4 Å². The number of aromatic nitrogens is 1. The minimum absolute atomic E-state index is 0.0818. The summed E-state index contributed by atoms with van der Waals surface area (Å²) < 4.78 is 13.1. The summed E-state index contributed by atoms with van der Waals surface area (Å²) in [5.41, 5.74) is 0.405. The van der Waals surface area contributed by atoms with Crippen molar-refractivity contribution in [2.45, 2.75) is 32.3 Å². The molecule has 0 fully saturated rings. The van der Waals surface area contributed by atoms with Crippen molar-refractivity contribution in [2.75, 3.05) is 6.54 Å². The number of hydrogen-bond donors (Lipinski definition) is 2. The largest absolute Gasteiger partial charge is 0.388 e. The third-order valence-electron chi connectivity index (χ3n) is 3.22. The molecular weight excluding hydrogens is 303 g/mol. The molecule has 0 saturated carbocycles. The molecule has 4 nitrogen and oxygen atoms in total. The van der Waals surface area contributed by atoms with Gasteiger partial charge in [-0.15, -0.1) is 11.3 Å². The van der Waals surface area contributed by atoms with Gasteiger partial charge >= 0.3 is 0 Å². The summed E-state index contributed by atoms with van der Waals surface area (Å²) in [7, 11) is 0. The molecular formula is C16H19FN2O2S. The molecule has 1 heterocycles. The molecule has 0 saturated heterocycles. The number of thiazole rings is 1. The lowest BCUT2D eigenvalue weighted by Crippen LogP contribution is -2.27. The lowest BCUT2D eigenvalue weighted by atomic mass is 10.1. The molecule has 6 heteroatoms. The molecule has 1 amide bonds. The number of benzene rings is 1. The van der Waals surface area contributed by atoms with Crippen molar-refractivity contribution < 1.29 is 14.3 Å². The van der Waals surface area contributed by atoms with E-state index in [0.29, 0.717) is 18.5 Å². The molecule has 2 aromatic rings. The molecule has 0 aliphatic carbocycles. The fourth-order valence-corrected chi connectivity index (χ4v) is 2.88. The Bertz CT molecular complexity index is 630. The Labute approximate surface area is 133 Å². The lowest BCUT2D eigenvalue weighted by molar-refractivity contribution is -0.123. The van der Waals surface area contributed by atoms with Gasteiger partial charge in [-0.1, -0.05) is 19.1 Å². The van der Waals surface area contributed by atoms with E-state index in [1.807, 2.05) is 6.20 Å². The average molecular weight is 322 g/mol. The van der Waals surface area contributed by atoms with E-state index in [9.17, 15) is 14.3 Å². The van der Waals surface area contributed by atoms with E-state index in [2.05, 4.69) is 17.2 Å². The average Bonchev–Trinajstić information content (AvgIpc) is 2.95. The Hall–Kier alpha value is -1.79. The van der Waals surface area contributed by atoms with Crippen LogP contribution in [0.1, 0.15) is 34.9 Å². The van der Waals surface area contributed by atoms with Crippen LogP contribution in [0.4, 0.5) is 4.39 Å². The number of carbonyl (C=O) groups is 1. The predicted octanol–water partition coefficient (Wildman–Crippen LogP) is 2.63. The van der Waals surface area contributed by atoms with Gasteiger partial charge in [-0.3, -0.25) is 4.79 Å². The van der Waals surface area contributed by atoms with Gasteiger partial charge in [0.2, 0.25) is 5.91 Å². The Morgan fingerprint density at radius 1 is 1.50 bits per heavy atom. The molecule has 0 aliphatic rings. The number of amides is 1. The number of aliphatic hydroxyl groups excluding tert-OH is 1. The molecule has 0 bridgehead atoms.